The van der Waals surface area contributed by atoms with Crippen molar-refractivity contribution in [2.45, 2.75) is 19.4 Å². The van der Waals surface area contributed by atoms with Gasteiger partial charge < -0.3 is 19.4 Å². The number of para-hydroxylation sites is 2. The molecule has 0 aliphatic carbocycles. The molecule has 0 saturated heterocycles. The molecule has 4 aromatic rings. The van der Waals surface area contributed by atoms with Crippen molar-refractivity contribution in [3.8, 4) is 11.5 Å². The van der Waals surface area contributed by atoms with Gasteiger partial charge in [0.15, 0.2) is 11.5 Å². The highest BCUT2D eigenvalue weighted by molar-refractivity contribution is 9.10. The normalized spacial score (nSPS) is 10.9. The van der Waals surface area contributed by atoms with Gasteiger partial charge in [-0.2, -0.15) is 0 Å². The van der Waals surface area contributed by atoms with Crippen LogP contribution in [0.2, 0.25) is 0 Å². The zero-order valence-corrected chi connectivity index (χ0v) is 20.3. The maximum atomic E-state index is 12.5. The Morgan fingerprint density at radius 3 is 2.45 bits per heavy atom. The van der Waals surface area contributed by atoms with Gasteiger partial charge in [-0.1, -0.05) is 46.3 Å². The summed E-state index contributed by atoms with van der Waals surface area (Å²) in [7, 11) is 3.18. The number of methoxy groups -OCH3 is 2. The largest absolute Gasteiger partial charge is 0.493 e. The van der Waals surface area contributed by atoms with E-state index in [9.17, 15) is 4.79 Å². The predicted octanol–water partition coefficient (Wildman–Crippen LogP) is 4.77. The van der Waals surface area contributed by atoms with E-state index >= 15 is 0 Å². The molecular formula is C26H26BrN3O3. The zero-order valence-electron chi connectivity index (χ0n) is 18.7. The number of benzene rings is 3. The summed E-state index contributed by atoms with van der Waals surface area (Å²) >= 11 is 3.49. The number of ether oxygens (including phenoxy) is 2. The molecule has 1 heterocycles. The molecule has 0 fully saturated rings. The second-order valence-corrected chi connectivity index (χ2v) is 8.61. The lowest BCUT2D eigenvalue weighted by Crippen LogP contribution is -2.28. The molecule has 6 nitrogen and oxygen atoms in total. The SMILES string of the molecule is COc1ccc(CC(=O)NCCc2nc3ccccc3n2Cc2ccc(Br)cc2)cc1OC. The summed E-state index contributed by atoms with van der Waals surface area (Å²) in [4.78, 5) is 17.3. The fourth-order valence-corrected chi connectivity index (χ4v) is 4.08. The number of carbonyl (C=O) groups excluding carboxylic acids is 1. The molecule has 170 valence electrons. The van der Waals surface area contributed by atoms with Crippen LogP contribution >= 0.6 is 15.9 Å². The average molecular weight is 508 g/mol. The summed E-state index contributed by atoms with van der Waals surface area (Å²) in [6.07, 6.45) is 0.915. The third kappa shape index (κ3) is 5.54. The van der Waals surface area contributed by atoms with E-state index in [4.69, 9.17) is 14.5 Å². The van der Waals surface area contributed by atoms with Crippen LogP contribution in [-0.4, -0.2) is 36.2 Å². The summed E-state index contributed by atoms with van der Waals surface area (Å²) < 4.78 is 13.9. The lowest BCUT2D eigenvalue weighted by molar-refractivity contribution is -0.120. The first kappa shape index (κ1) is 22.9. The number of aromatic nitrogens is 2. The van der Waals surface area contributed by atoms with E-state index in [1.54, 1.807) is 14.2 Å². The number of hydrogen-bond donors (Lipinski definition) is 1. The highest BCUT2D eigenvalue weighted by Crippen LogP contribution is 2.27. The van der Waals surface area contributed by atoms with Crippen molar-refractivity contribution >= 4 is 32.9 Å². The number of nitrogens with zero attached hydrogens (tertiary/aromatic N) is 2. The van der Waals surface area contributed by atoms with Crippen molar-refractivity contribution in [3.05, 3.63) is 88.2 Å². The Balaban J connectivity index is 1.43. The van der Waals surface area contributed by atoms with Crippen molar-refractivity contribution in [3.63, 3.8) is 0 Å². The van der Waals surface area contributed by atoms with Crippen LogP contribution in [0.4, 0.5) is 0 Å². The number of fused-ring (bicyclic) bond motifs is 1. The van der Waals surface area contributed by atoms with Gasteiger partial charge in [0.2, 0.25) is 5.91 Å². The van der Waals surface area contributed by atoms with E-state index in [0.29, 0.717) is 24.5 Å². The van der Waals surface area contributed by atoms with Crippen LogP contribution in [0.3, 0.4) is 0 Å². The molecule has 4 rings (SSSR count). The smallest absolute Gasteiger partial charge is 0.224 e. The van der Waals surface area contributed by atoms with Crippen molar-refractivity contribution < 1.29 is 14.3 Å². The van der Waals surface area contributed by atoms with Crippen LogP contribution in [0.25, 0.3) is 11.0 Å². The number of halogens is 1. The van der Waals surface area contributed by atoms with Crippen LogP contribution in [-0.2, 0) is 24.2 Å². The number of rotatable bonds is 9. The fraction of sp³-hybridized carbons (Fsp3) is 0.231. The van der Waals surface area contributed by atoms with Crippen LogP contribution in [0.1, 0.15) is 17.0 Å². The molecule has 0 saturated carbocycles. The van der Waals surface area contributed by atoms with Gasteiger partial charge in [0.05, 0.1) is 31.7 Å². The molecule has 0 unspecified atom stereocenters. The third-order valence-corrected chi connectivity index (χ3v) is 6.00. The number of nitrogens with one attached hydrogen (secondary N) is 1. The zero-order chi connectivity index (χ0) is 23.2. The molecule has 33 heavy (non-hydrogen) atoms. The van der Waals surface area contributed by atoms with Crippen LogP contribution in [0, 0.1) is 0 Å². The summed E-state index contributed by atoms with van der Waals surface area (Å²) in [6, 6.07) is 21.9. The third-order valence-electron chi connectivity index (χ3n) is 5.47. The van der Waals surface area contributed by atoms with Gasteiger partial charge in [0, 0.05) is 24.0 Å². The molecule has 0 aliphatic heterocycles. The van der Waals surface area contributed by atoms with Crippen molar-refractivity contribution in [2.24, 2.45) is 0 Å². The van der Waals surface area contributed by atoms with Crippen molar-refractivity contribution in [2.75, 3.05) is 20.8 Å². The van der Waals surface area contributed by atoms with Gasteiger partial charge in [-0.25, -0.2) is 4.98 Å². The quantitative estimate of drug-likeness (QED) is 0.354. The molecule has 0 aliphatic rings. The minimum Gasteiger partial charge on any atom is -0.493 e. The van der Waals surface area contributed by atoms with Crippen molar-refractivity contribution in [1.82, 2.24) is 14.9 Å². The molecule has 0 radical (unpaired) electrons. The van der Waals surface area contributed by atoms with Gasteiger partial charge in [0.1, 0.15) is 5.82 Å². The minimum absolute atomic E-state index is 0.0437. The Kier molecular flexibility index (Phi) is 7.29. The molecule has 1 N–H and O–H groups in total. The summed E-state index contributed by atoms with van der Waals surface area (Å²) in [5.41, 5.74) is 4.11. The molecule has 7 heteroatoms. The topological polar surface area (TPSA) is 65.4 Å². The molecular weight excluding hydrogens is 482 g/mol. The van der Waals surface area contributed by atoms with E-state index in [1.807, 2.05) is 48.5 Å². The van der Waals surface area contributed by atoms with Gasteiger partial charge in [-0.05, 0) is 47.5 Å². The second kappa shape index (κ2) is 10.5. The van der Waals surface area contributed by atoms with E-state index in [2.05, 4.69) is 44.0 Å². The molecule has 0 spiro atoms. The lowest BCUT2D eigenvalue weighted by Gasteiger charge is -2.11. The molecule has 0 bridgehead atoms. The lowest BCUT2D eigenvalue weighted by atomic mass is 10.1. The van der Waals surface area contributed by atoms with E-state index in [1.165, 1.54) is 5.56 Å². The van der Waals surface area contributed by atoms with Gasteiger partial charge in [-0.3, -0.25) is 4.79 Å². The minimum atomic E-state index is -0.0437. The van der Waals surface area contributed by atoms with E-state index in [-0.39, 0.29) is 12.3 Å². The highest BCUT2D eigenvalue weighted by atomic mass is 79.9. The number of amides is 1. The summed E-state index contributed by atoms with van der Waals surface area (Å²) in [5, 5.41) is 3.02. The Hall–Kier alpha value is -3.32. The van der Waals surface area contributed by atoms with E-state index < -0.39 is 0 Å². The van der Waals surface area contributed by atoms with E-state index in [0.717, 1.165) is 33.4 Å². The van der Waals surface area contributed by atoms with Gasteiger partial charge in [0.25, 0.3) is 0 Å². The van der Waals surface area contributed by atoms with Crippen LogP contribution in [0.5, 0.6) is 11.5 Å². The first-order valence-corrected chi connectivity index (χ1v) is 11.5. The van der Waals surface area contributed by atoms with Gasteiger partial charge >= 0.3 is 0 Å². The van der Waals surface area contributed by atoms with Crippen LogP contribution in [0.15, 0.2) is 71.2 Å². The first-order valence-electron chi connectivity index (χ1n) is 10.7. The number of hydrogen-bond acceptors (Lipinski definition) is 4. The summed E-state index contributed by atoms with van der Waals surface area (Å²) in [6.45, 7) is 1.23. The average Bonchev–Trinajstić information content (AvgIpc) is 3.17. The Bertz CT molecular complexity index is 1250. The van der Waals surface area contributed by atoms with Gasteiger partial charge in [-0.15, -0.1) is 0 Å². The first-order chi connectivity index (χ1) is 16.1. The predicted molar refractivity (Wildman–Crippen MR) is 133 cm³/mol. The molecule has 0 atom stereocenters. The summed E-state index contributed by atoms with van der Waals surface area (Å²) in [5.74, 6) is 2.17. The Morgan fingerprint density at radius 1 is 0.970 bits per heavy atom. The fourth-order valence-electron chi connectivity index (χ4n) is 3.82. The Morgan fingerprint density at radius 2 is 1.70 bits per heavy atom. The molecule has 1 aromatic heterocycles. The maximum Gasteiger partial charge on any atom is 0.224 e. The van der Waals surface area contributed by atoms with Crippen molar-refractivity contribution in [1.29, 1.82) is 0 Å². The number of carbonyl (C=O) groups is 1. The molecule has 3 aromatic carbocycles. The Labute approximate surface area is 201 Å². The molecule has 1 amide bonds. The second-order valence-electron chi connectivity index (χ2n) is 7.70. The maximum absolute atomic E-state index is 12.5. The highest BCUT2D eigenvalue weighted by Gasteiger charge is 2.12. The van der Waals surface area contributed by atoms with Crippen LogP contribution < -0.4 is 14.8 Å². The monoisotopic (exact) mass is 507 g/mol. The number of imidazole rings is 1. The standard InChI is InChI=1S/C26H26BrN3O3/c1-32-23-12-9-19(15-24(23)33-2)16-26(31)28-14-13-25-29-21-5-3-4-6-22(21)30(25)17-18-7-10-20(27)11-8-18/h3-12,15H,13-14,16-17H2,1-2H3,(H,28,31).